The molecule has 0 saturated carbocycles. The number of rotatable bonds is 2. The van der Waals surface area contributed by atoms with E-state index in [-0.39, 0.29) is 5.82 Å². The number of hydrogen-bond donors (Lipinski definition) is 1. The summed E-state index contributed by atoms with van der Waals surface area (Å²) in [4.78, 5) is 4.81. The van der Waals surface area contributed by atoms with Gasteiger partial charge in [-0.2, -0.15) is 0 Å². The number of benzene rings is 3. The average molecular weight is 314 g/mol. The number of para-hydroxylation sites is 1. The third-order valence-corrected chi connectivity index (χ3v) is 4.11. The van der Waals surface area contributed by atoms with Crippen LogP contribution >= 0.6 is 0 Å². The average Bonchev–Trinajstić information content (AvgIpc) is 2.63. The minimum Gasteiger partial charge on any atom is -0.398 e. The van der Waals surface area contributed by atoms with Gasteiger partial charge in [0.1, 0.15) is 5.82 Å². The van der Waals surface area contributed by atoms with E-state index >= 15 is 0 Å². The highest BCUT2D eigenvalue weighted by molar-refractivity contribution is 6.03. The fraction of sp³-hybridized carbons (Fsp3) is 0. The Balaban J connectivity index is 2.09. The minimum atomic E-state index is -0.270. The van der Waals surface area contributed by atoms with Gasteiger partial charge in [0.25, 0.3) is 0 Å². The first-order valence-corrected chi connectivity index (χ1v) is 7.73. The molecule has 24 heavy (non-hydrogen) atoms. The molecule has 0 aliphatic heterocycles. The highest BCUT2D eigenvalue weighted by Gasteiger charge is 2.16. The van der Waals surface area contributed by atoms with Gasteiger partial charge < -0.3 is 5.73 Å². The van der Waals surface area contributed by atoms with Crippen molar-refractivity contribution in [1.82, 2.24) is 4.98 Å². The largest absolute Gasteiger partial charge is 0.398 e. The zero-order valence-corrected chi connectivity index (χ0v) is 12.9. The van der Waals surface area contributed by atoms with E-state index in [1.807, 2.05) is 54.6 Å². The first kappa shape index (κ1) is 14.4. The number of anilines is 1. The van der Waals surface area contributed by atoms with Crippen LogP contribution in [0.2, 0.25) is 0 Å². The van der Waals surface area contributed by atoms with E-state index in [0.717, 1.165) is 33.3 Å². The molecule has 0 atom stereocenters. The summed E-state index contributed by atoms with van der Waals surface area (Å²) in [5.41, 5.74) is 11.5. The molecule has 116 valence electrons. The smallest absolute Gasteiger partial charge is 0.123 e. The lowest BCUT2D eigenvalue weighted by Gasteiger charge is -2.15. The topological polar surface area (TPSA) is 38.9 Å². The lowest BCUT2D eigenvalue weighted by molar-refractivity contribution is 0.628. The number of aromatic nitrogens is 1. The van der Waals surface area contributed by atoms with Gasteiger partial charge in [0.05, 0.1) is 16.9 Å². The molecule has 3 heteroatoms. The van der Waals surface area contributed by atoms with E-state index in [9.17, 15) is 4.39 Å². The summed E-state index contributed by atoms with van der Waals surface area (Å²) in [6.07, 6.45) is 0. The third-order valence-electron chi connectivity index (χ3n) is 4.11. The van der Waals surface area contributed by atoms with Crippen LogP contribution in [0.4, 0.5) is 10.1 Å². The summed E-state index contributed by atoms with van der Waals surface area (Å²) in [5.74, 6) is -0.270. The van der Waals surface area contributed by atoms with Gasteiger partial charge in [-0.3, -0.25) is 0 Å². The minimum absolute atomic E-state index is 0.270. The van der Waals surface area contributed by atoms with Crippen LogP contribution in [0.25, 0.3) is 33.3 Å². The molecule has 0 bridgehead atoms. The summed E-state index contributed by atoms with van der Waals surface area (Å²) in [6.45, 7) is 0. The van der Waals surface area contributed by atoms with E-state index in [1.54, 1.807) is 12.1 Å². The van der Waals surface area contributed by atoms with Crippen LogP contribution in [0.1, 0.15) is 0 Å². The molecule has 0 saturated heterocycles. The Bertz CT molecular complexity index is 1010. The highest BCUT2D eigenvalue weighted by Crippen LogP contribution is 2.39. The molecule has 1 heterocycles. The maximum absolute atomic E-state index is 13.3. The standard InChI is InChI=1S/C21H15FN2/c22-16-12-10-15(11-13-16)21-19(14-6-2-1-3-7-14)20(23)17-8-4-5-9-18(17)24-21/h1-13H,(H2,23,24). The number of nitrogens with two attached hydrogens (primary N) is 1. The fourth-order valence-electron chi connectivity index (χ4n) is 2.95. The summed E-state index contributed by atoms with van der Waals surface area (Å²) in [6, 6.07) is 24.1. The van der Waals surface area contributed by atoms with Crippen LogP contribution in [0.3, 0.4) is 0 Å². The Morgan fingerprint density at radius 1 is 0.708 bits per heavy atom. The van der Waals surface area contributed by atoms with Crippen LogP contribution in [0.5, 0.6) is 0 Å². The van der Waals surface area contributed by atoms with Crippen molar-refractivity contribution in [2.75, 3.05) is 5.73 Å². The monoisotopic (exact) mass is 314 g/mol. The molecule has 3 aromatic carbocycles. The van der Waals surface area contributed by atoms with Crippen molar-refractivity contribution >= 4 is 16.6 Å². The maximum atomic E-state index is 13.3. The van der Waals surface area contributed by atoms with E-state index in [0.29, 0.717) is 5.69 Å². The van der Waals surface area contributed by atoms with Gasteiger partial charge in [0.15, 0.2) is 0 Å². The zero-order valence-electron chi connectivity index (χ0n) is 12.9. The molecule has 0 fully saturated rings. The summed E-state index contributed by atoms with van der Waals surface area (Å²) in [7, 11) is 0. The van der Waals surface area contributed by atoms with Gasteiger partial charge >= 0.3 is 0 Å². The Kier molecular flexibility index (Phi) is 3.47. The van der Waals surface area contributed by atoms with Gasteiger partial charge in [-0.25, -0.2) is 9.37 Å². The van der Waals surface area contributed by atoms with Crippen LogP contribution in [-0.4, -0.2) is 4.98 Å². The van der Waals surface area contributed by atoms with Crippen LogP contribution in [-0.2, 0) is 0 Å². The SMILES string of the molecule is Nc1c(-c2ccccc2)c(-c2ccc(F)cc2)nc2ccccc12. The van der Waals surface area contributed by atoms with Gasteiger partial charge in [-0.1, -0.05) is 48.5 Å². The summed E-state index contributed by atoms with van der Waals surface area (Å²) >= 11 is 0. The first-order chi connectivity index (χ1) is 11.7. The van der Waals surface area contributed by atoms with Gasteiger partial charge in [0, 0.05) is 16.5 Å². The summed E-state index contributed by atoms with van der Waals surface area (Å²) in [5, 5.41) is 0.919. The second-order valence-electron chi connectivity index (χ2n) is 5.64. The molecule has 1 aromatic heterocycles. The molecule has 0 unspecified atom stereocenters. The molecule has 0 amide bonds. The quantitative estimate of drug-likeness (QED) is 0.546. The second kappa shape index (κ2) is 5.78. The Morgan fingerprint density at radius 2 is 1.38 bits per heavy atom. The number of fused-ring (bicyclic) bond motifs is 1. The summed E-state index contributed by atoms with van der Waals surface area (Å²) < 4.78 is 13.3. The van der Waals surface area contributed by atoms with Crippen molar-refractivity contribution in [3.8, 4) is 22.4 Å². The number of pyridine rings is 1. The van der Waals surface area contributed by atoms with Crippen molar-refractivity contribution in [3.63, 3.8) is 0 Å². The lowest BCUT2D eigenvalue weighted by atomic mass is 9.95. The number of nitrogen functional groups attached to an aromatic ring is 1. The number of halogens is 1. The first-order valence-electron chi connectivity index (χ1n) is 7.73. The zero-order chi connectivity index (χ0) is 16.5. The number of nitrogens with zero attached hydrogens (tertiary/aromatic N) is 1. The molecule has 2 nitrogen and oxygen atoms in total. The van der Waals surface area contributed by atoms with Gasteiger partial charge in [-0.15, -0.1) is 0 Å². The van der Waals surface area contributed by atoms with Crippen LogP contribution in [0.15, 0.2) is 78.9 Å². The third kappa shape index (κ3) is 2.40. The predicted octanol–water partition coefficient (Wildman–Crippen LogP) is 5.29. The maximum Gasteiger partial charge on any atom is 0.123 e. The molecule has 0 aliphatic rings. The van der Waals surface area contributed by atoms with E-state index < -0.39 is 0 Å². The lowest BCUT2D eigenvalue weighted by Crippen LogP contribution is -1.98. The Morgan fingerprint density at radius 3 is 2.12 bits per heavy atom. The van der Waals surface area contributed by atoms with Gasteiger partial charge in [0.2, 0.25) is 0 Å². The fourth-order valence-corrected chi connectivity index (χ4v) is 2.95. The Hall–Kier alpha value is -3.20. The van der Waals surface area contributed by atoms with Crippen molar-refractivity contribution < 1.29 is 4.39 Å². The molecule has 0 radical (unpaired) electrons. The molecule has 4 rings (SSSR count). The molecule has 0 aliphatic carbocycles. The van der Waals surface area contributed by atoms with Crippen molar-refractivity contribution in [2.24, 2.45) is 0 Å². The molecular weight excluding hydrogens is 299 g/mol. The molecular formula is C21H15FN2. The van der Waals surface area contributed by atoms with Crippen molar-refractivity contribution in [3.05, 3.63) is 84.7 Å². The predicted molar refractivity (Wildman–Crippen MR) is 97.0 cm³/mol. The highest BCUT2D eigenvalue weighted by atomic mass is 19.1. The Labute approximate surface area is 139 Å². The molecule has 0 spiro atoms. The van der Waals surface area contributed by atoms with E-state index in [1.165, 1.54) is 12.1 Å². The second-order valence-corrected chi connectivity index (χ2v) is 5.64. The number of hydrogen-bond acceptors (Lipinski definition) is 2. The van der Waals surface area contributed by atoms with Crippen molar-refractivity contribution in [1.29, 1.82) is 0 Å². The van der Waals surface area contributed by atoms with Crippen LogP contribution in [0, 0.1) is 5.82 Å². The van der Waals surface area contributed by atoms with Crippen molar-refractivity contribution in [2.45, 2.75) is 0 Å². The molecule has 2 N–H and O–H groups in total. The van der Waals surface area contributed by atoms with E-state index in [2.05, 4.69) is 0 Å². The van der Waals surface area contributed by atoms with Crippen LogP contribution < -0.4 is 5.73 Å². The normalized spacial score (nSPS) is 10.9. The van der Waals surface area contributed by atoms with E-state index in [4.69, 9.17) is 10.7 Å². The molecule has 4 aromatic rings. The van der Waals surface area contributed by atoms with Gasteiger partial charge in [-0.05, 0) is 35.9 Å².